The van der Waals surface area contributed by atoms with E-state index in [1.54, 1.807) is 11.8 Å². The summed E-state index contributed by atoms with van der Waals surface area (Å²) in [5, 5.41) is 9.63. The van der Waals surface area contributed by atoms with E-state index in [0.717, 1.165) is 44.3 Å². The Kier molecular flexibility index (Phi) is 6.58. The van der Waals surface area contributed by atoms with Gasteiger partial charge in [0, 0.05) is 41.1 Å². The maximum Gasteiger partial charge on any atom is 0.0988 e. The molecule has 0 radical (unpaired) electrons. The van der Waals surface area contributed by atoms with Gasteiger partial charge in [-0.05, 0) is 60.6 Å². The highest BCUT2D eigenvalue weighted by Gasteiger charge is 2.31. The number of nitrogens with zero attached hydrogens (tertiary/aromatic N) is 2. The van der Waals surface area contributed by atoms with Crippen molar-refractivity contribution in [3.8, 4) is 6.07 Å². The van der Waals surface area contributed by atoms with Gasteiger partial charge in [-0.3, -0.25) is 0 Å². The molecule has 3 aliphatic rings. The molecule has 150 valence electrons. The minimum atomic E-state index is 0.193. The normalized spacial score (nSPS) is 30.4. The predicted molar refractivity (Wildman–Crippen MR) is 120 cm³/mol. The van der Waals surface area contributed by atoms with Crippen LogP contribution in [0.1, 0.15) is 46.0 Å². The number of rotatable bonds is 4. The third-order valence-electron chi connectivity index (χ3n) is 6.30. The third-order valence-corrected chi connectivity index (χ3v) is 7.53. The van der Waals surface area contributed by atoms with E-state index in [1.165, 1.54) is 21.9 Å². The van der Waals surface area contributed by atoms with Crippen molar-refractivity contribution in [3.05, 3.63) is 58.0 Å². The van der Waals surface area contributed by atoms with Crippen LogP contribution in [0.25, 0.3) is 0 Å². The molecular weight excluding hydrogens is 362 g/mol. The molecule has 0 bridgehead atoms. The van der Waals surface area contributed by atoms with Gasteiger partial charge in [-0.15, -0.1) is 0 Å². The number of nitrogens with two attached hydrogens (primary N) is 1. The summed E-state index contributed by atoms with van der Waals surface area (Å²) >= 11 is 1.76. The van der Waals surface area contributed by atoms with Gasteiger partial charge in [-0.25, -0.2) is 0 Å². The molecule has 2 unspecified atom stereocenters. The van der Waals surface area contributed by atoms with E-state index in [2.05, 4.69) is 56.2 Å². The van der Waals surface area contributed by atoms with Crippen LogP contribution in [0.15, 0.2) is 58.0 Å². The van der Waals surface area contributed by atoms with Crippen molar-refractivity contribution in [1.29, 1.82) is 5.26 Å². The van der Waals surface area contributed by atoms with E-state index in [0.29, 0.717) is 12.1 Å². The van der Waals surface area contributed by atoms with Gasteiger partial charge in [0.25, 0.3) is 0 Å². The second kappa shape index (κ2) is 8.76. The van der Waals surface area contributed by atoms with Gasteiger partial charge < -0.3 is 10.6 Å². The third kappa shape index (κ3) is 4.64. The zero-order valence-corrected chi connectivity index (χ0v) is 18.2. The maximum atomic E-state index is 9.63. The highest BCUT2D eigenvalue weighted by molar-refractivity contribution is 8.06. The summed E-state index contributed by atoms with van der Waals surface area (Å²) in [5.41, 5.74) is 9.45. The molecule has 2 heterocycles. The first kappa shape index (κ1) is 21.0. The molecule has 2 aliphatic heterocycles. The summed E-state index contributed by atoms with van der Waals surface area (Å²) in [7, 11) is 0. The molecular formula is C24H33N3S. The first-order chi connectivity index (χ1) is 13.3. The van der Waals surface area contributed by atoms with Crippen LogP contribution in [0, 0.1) is 28.6 Å². The van der Waals surface area contributed by atoms with Crippen molar-refractivity contribution < 1.29 is 0 Å². The molecule has 4 heteroatoms. The molecule has 2 N–H and O–H groups in total. The number of allylic oxidation sites excluding steroid dienone is 6. The Labute approximate surface area is 174 Å². The molecule has 0 aromatic rings. The van der Waals surface area contributed by atoms with Crippen molar-refractivity contribution in [2.75, 3.05) is 19.6 Å². The lowest BCUT2D eigenvalue weighted by Crippen LogP contribution is -2.37. The summed E-state index contributed by atoms with van der Waals surface area (Å²) in [5.74, 6) is 0.434. The number of likely N-dealkylation sites (tertiary alicyclic amines) is 1. The molecule has 0 aromatic carbocycles. The summed E-state index contributed by atoms with van der Waals surface area (Å²) < 4.78 is 0. The fraction of sp³-hybridized carbons (Fsp3) is 0.542. The summed E-state index contributed by atoms with van der Waals surface area (Å²) in [6, 6.07) is 2.32. The molecule has 0 saturated carbocycles. The highest BCUT2D eigenvalue weighted by atomic mass is 32.2. The van der Waals surface area contributed by atoms with Crippen LogP contribution in [0.2, 0.25) is 0 Å². The lowest BCUT2D eigenvalue weighted by Gasteiger charge is -2.38. The van der Waals surface area contributed by atoms with E-state index in [4.69, 9.17) is 5.73 Å². The van der Waals surface area contributed by atoms with Gasteiger partial charge in [0.1, 0.15) is 0 Å². The maximum absolute atomic E-state index is 9.63. The minimum Gasteiger partial charge on any atom is -0.372 e. The van der Waals surface area contributed by atoms with Gasteiger partial charge in [0.15, 0.2) is 0 Å². The average Bonchev–Trinajstić information content (AvgIpc) is 2.68. The summed E-state index contributed by atoms with van der Waals surface area (Å²) in [4.78, 5) is 4.83. The first-order valence-electron chi connectivity index (χ1n) is 10.4. The molecule has 28 heavy (non-hydrogen) atoms. The second-order valence-electron chi connectivity index (χ2n) is 8.95. The predicted octanol–water partition coefficient (Wildman–Crippen LogP) is 5.52. The van der Waals surface area contributed by atoms with Gasteiger partial charge in [0.2, 0.25) is 0 Å². The lowest BCUT2D eigenvalue weighted by atomic mass is 9.79. The largest absolute Gasteiger partial charge is 0.372 e. The molecule has 0 aromatic heterocycles. The van der Waals surface area contributed by atoms with Gasteiger partial charge in [-0.1, -0.05) is 50.9 Å². The van der Waals surface area contributed by atoms with Crippen LogP contribution in [0.4, 0.5) is 0 Å². The molecule has 3 nitrogen and oxygen atoms in total. The van der Waals surface area contributed by atoms with Crippen molar-refractivity contribution in [2.24, 2.45) is 23.0 Å². The van der Waals surface area contributed by atoms with E-state index in [-0.39, 0.29) is 17.3 Å². The topological polar surface area (TPSA) is 53.0 Å². The SMILES string of the molecule is C=C1CCC(C)(C)CC/C(C(=C)C#N)=C(/C2C=CC(N3CCC3)=CC2CN)S1. The van der Waals surface area contributed by atoms with Gasteiger partial charge in [0.05, 0.1) is 6.07 Å². The minimum absolute atomic E-state index is 0.193. The number of thioether (sulfide) groups is 1. The molecule has 0 amide bonds. The Bertz CT molecular complexity index is 774. The van der Waals surface area contributed by atoms with Crippen LogP contribution >= 0.6 is 11.8 Å². The summed E-state index contributed by atoms with van der Waals surface area (Å²) in [6.45, 7) is 15.9. The number of nitriles is 1. The quantitative estimate of drug-likeness (QED) is 0.637. The highest BCUT2D eigenvalue weighted by Crippen LogP contribution is 2.47. The standard InChI is InChI=1S/C24H33N3S/c1-17(15-25)21-9-11-24(3,4)10-8-18(2)28-23(21)22-7-6-20(14-19(22)16-26)27-12-5-13-27/h6-7,14,19,22H,1-2,5,8-13,16,26H2,3-4H3/b23-21+. The Morgan fingerprint density at radius 3 is 2.68 bits per heavy atom. The van der Waals surface area contributed by atoms with E-state index in [1.807, 2.05) is 0 Å². The average molecular weight is 396 g/mol. The Hall–Kier alpha value is -1.70. The van der Waals surface area contributed by atoms with Crippen molar-refractivity contribution in [2.45, 2.75) is 46.0 Å². The first-order valence-corrected chi connectivity index (χ1v) is 11.2. The fourth-order valence-corrected chi connectivity index (χ4v) is 5.35. The summed E-state index contributed by atoms with van der Waals surface area (Å²) in [6.07, 6.45) is 12.2. The van der Waals surface area contributed by atoms with Crippen molar-refractivity contribution in [3.63, 3.8) is 0 Å². The zero-order valence-electron chi connectivity index (χ0n) is 17.3. The Morgan fingerprint density at radius 1 is 1.36 bits per heavy atom. The van der Waals surface area contributed by atoms with Crippen molar-refractivity contribution >= 4 is 11.8 Å². The molecule has 0 spiro atoms. The Morgan fingerprint density at radius 2 is 2.07 bits per heavy atom. The Balaban J connectivity index is 1.99. The lowest BCUT2D eigenvalue weighted by molar-refractivity contribution is 0.242. The molecule has 1 fully saturated rings. The van der Waals surface area contributed by atoms with Crippen LogP contribution in [-0.4, -0.2) is 24.5 Å². The van der Waals surface area contributed by atoms with Crippen LogP contribution < -0.4 is 5.73 Å². The van der Waals surface area contributed by atoms with E-state index in [9.17, 15) is 5.26 Å². The van der Waals surface area contributed by atoms with E-state index < -0.39 is 0 Å². The molecule has 3 rings (SSSR count). The van der Waals surface area contributed by atoms with Crippen molar-refractivity contribution in [1.82, 2.24) is 4.90 Å². The molecule has 2 atom stereocenters. The monoisotopic (exact) mass is 395 g/mol. The van der Waals surface area contributed by atoms with Crippen LogP contribution in [-0.2, 0) is 0 Å². The molecule has 1 saturated heterocycles. The number of hydrogen-bond acceptors (Lipinski definition) is 4. The van der Waals surface area contributed by atoms with Crippen LogP contribution in [0.5, 0.6) is 0 Å². The van der Waals surface area contributed by atoms with E-state index >= 15 is 0 Å². The zero-order chi connectivity index (χ0) is 20.3. The van der Waals surface area contributed by atoms with Gasteiger partial charge in [-0.2, -0.15) is 5.26 Å². The van der Waals surface area contributed by atoms with Gasteiger partial charge >= 0.3 is 0 Å². The fourth-order valence-electron chi connectivity index (χ4n) is 4.10. The number of hydrogen-bond donors (Lipinski definition) is 1. The molecule has 1 aliphatic carbocycles. The second-order valence-corrected chi connectivity index (χ2v) is 10.2. The smallest absolute Gasteiger partial charge is 0.0988 e. The van der Waals surface area contributed by atoms with Crippen LogP contribution in [0.3, 0.4) is 0 Å².